The summed E-state index contributed by atoms with van der Waals surface area (Å²) in [4.78, 5) is 4.52. The lowest BCUT2D eigenvalue weighted by molar-refractivity contribution is 0.213. The van der Waals surface area contributed by atoms with E-state index in [1.165, 1.54) is 7.11 Å². The molecule has 1 rings (SSSR count). The average molecular weight is 165 g/mol. The minimum Gasteiger partial charge on any atom is -0.399 e. The molecular weight excluding hydrogens is 154 g/mol. The lowest BCUT2D eigenvalue weighted by atomic mass is 10.2. The van der Waals surface area contributed by atoms with Crippen molar-refractivity contribution in [1.29, 1.82) is 0 Å². The van der Waals surface area contributed by atoms with Crippen LogP contribution < -0.4 is 11.5 Å². The normalized spacial score (nSPS) is 11.2. The quantitative estimate of drug-likeness (QED) is 0.290. The third-order valence-electron chi connectivity index (χ3n) is 1.40. The average Bonchev–Trinajstić information content (AvgIpc) is 2.06. The van der Waals surface area contributed by atoms with E-state index in [1.54, 1.807) is 24.3 Å². The van der Waals surface area contributed by atoms with Gasteiger partial charge >= 0.3 is 0 Å². The van der Waals surface area contributed by atoms with Crippen LogP contribution in [0.15, 0.2) is 29.4 Å². The third-order valence-corrected chi connectivity index (χ3v) is 1.40. The number of rotatable bonds is 2. The van der Waals surface area contributed by atoms with Crippen LogP contribution >= 0.6 is 0 Å². The van der Waals surface area contributed by atoms with Crippen LogP contribution in [0.25, 0.3) is 0 Å². The second-order valence-corrected chi connectivity index (χ2v) is 2.28. The molecule has 0 fully saturated rings. The molecule has 0 saturated heterocycles. The maximum Gasteiger partial charge on any atom is 0.170 e. The van der Waals surface area contributed by atoms with Crippen molar-refractivity contribution in [1.82, 2.24) is 0 Å². The summed E-state index contributed by atoms with van der Waals surface area (Å²) in [5, 5.41) is 3.58. The molecule has 4 N–H and O–H groups in total. The zero-order chi connectivity index (χ0) is 8.97. The number of nitrogens with zero attached hydrogens (tertiary/aromatic N) is 1. The molecule has 0 aromatic heterocycles. The van der Waals surface area contributed by atoms with Gasteiger partial charge in [-0.2, -0.15) is 0 Å². The molecular formula is C8H11N3O. The van der Waals surface area contributed by atoms with E-state index in [0.717, 1.165) is 5.56 Å². The fourth-order valence-corrected chi connectivity index (χ4v) is 0.805. The first kappa shape index (κ1) is 8.39. The minimum atomic E-state index is 0.345. The second kappa shape index (κ2) is 3.61. The van der Waals surface area contributed by atoms with Crippen LogP contribution in [0.3, 0.4) is 0 Å². The topological polar surface area (TPSA) is 73.6 Å². The molecule has 0 amide bonds. The predicted molar refractivity (Wildman–Crippen MR) is 48.6 cm³/mol. The minimum absolute atomic E-state index is 0.345. The summed E-state index contributed by atoms with van der Waals surface area (Å²) in [5.74, 6) is 0.345. The summed E-state index contributed by atoms with van der Waals surface area (Å²) in [6.45, 7) is 0. The molecule has 0 atom stereocenters. The molecule has 0 aliphatic rings. The Morgan fingerprint density at radius 1 is 1.33 bits per heavy atom. The molecule has 0 saturated carbocycles. The van der Waals surface area contributed by atoms with Crippen molar-refractivity contribution in [2.24, 2.45) is 10.9 Å². The predicted octanol–water partition coefficient (Wildman–Crippen LogP) is 0.536. The molecule has 0 aliphatic heterocycles. The lowest BCUT2D eigenvalue weighted by Crippen LogP contribution is -2.13. The number of nitrogens with two attached hydrogens (primary N) is 2. The van der Waals surface area contributed by atoms with Crippen molar-refractivity contribution in [2.75, 3.05) is 12.8 Å². The molecule has 4 heteroatoms. The molecule has 0 aliphatic carbocycles. The van der Waals surface area contributed by atoms with Gasteiger partial charge in [0.25, 0.3) is 0 Å². The Balaban J connectivity index is 2.89. The van der Waals surface area contributed by atoms with E-state index >= 15 is 0 Å². The van der Waals surface area contributed by atoms with Crippen LogP contribution in [-0.2, 0) is 4.84 Å². The highest BCUT2D eigenvalue weighted by Gasteiger charge is 1.96. The number of hydrogen-bond donors (Lipinski definition) is 2. The van der Waals surface area contributed by atoms with Crippen molar-refractivity contribution in [2.45, 2.75) is 0 Å². The summed E-state index contributed by atoms with van der Waals surface area (Å²) < 4.78 is 0. The van der Waals surface area contributed by atoms with Crippen molar-refractivity contribution >= 4 is 11.5 Å². The zero-order valence-electron chi connectivity index (χ0n) is 6.82. The Morgan fingerprint density at radius 3 is 2.42 bits per heavy atom. The van der Waals surface area contributed by atoms with E-state index in [1.807, 2.05) is 0 Å². The van der Waals surface area contributed by atoms with Gasteiger partial charge in [0.15, 0.2) is 5.84 Å². The van der Waals surface area contributed by atoms with Gasteiger partial charge in [-0.3, -0.25) is 0 Å². The summed E-state index contributed by atoms with van der Waals surface area (Å²) in [6, 6.07) is 7.08. The van der Waals surface area contributed by atoms with E-state index in [2.05, 4.69) is 9.99 Å². The maximum absolute atomic E-state index is 5.54. The lowest BCUT2D eigenvalue weighted by Gasteiger charge is -1.99. The van der Waals surface area contributed by atoms with Gasteiger partial charge in [-0.25, -0.2) is 0 Å². The molecule has 0 radical (unpaired) electrons. The van der Waals surface area contributed by atoms with Gasteiger partial charge in [0.2, 0.25) is 0 Å². The standard InChI is InChI=1S/C8H11N3O/c1-12-11-8(10)6-2-4-7(9)5-3-6/h2-5H,9H2,1H3,(H2,10,11). The van der Waals surface area contributed by atoms with Gasteiger partial charge in [-0.15, -0.1) is 0 Å². The summed E-state index contributed by atoms with van der Waals surface area (Å²) in [5.41, 5.74) is 12.5. The highest BCUT2D eigenvalue weighted by Crippen LogP contribution is 2.04. The van der Waals surface area contributed by atoms with Crippen LogP contribution in [0.1, 0.15) is 5.56 Å². The van der Waals surface area contributed by atoms with Gasteiger partial charge in [0.1, 0.15) is 7.11 Å². The SMILES string of the molecule is CON=C(N)c1ccc(N)cc1. The number of anilines is 1. The maximum atomic E-state index is 5.54. The largest absolute Gasteiger partial charge is 0.399 e. The number of nitrogen functional groups attached to an aromatic ring is 1. The number of amidine groups is 1. The van der Waals surface area contributed by atoms with Crippen molar-refractivity contribution in [3.8, 4) is 0 Å². The smallest absolute Gasteiger partial charge is 0.170 e. The molecule has 64 valence electrons. The van der Waals surface area contributed by atoms with E-state index in [9.17, 15) is 0 Å². The molecule has 1 aromatic rings. The first-order chi connectivity index (χ1) is 5.74. The van der Waals surface area contributed by atoms with E-state index in [-0.39, 0.29) is 0 Å². The number of oxime groups is 1. The molecule has 12 heavy (non-hydrogen) atoms. The third kappa shape index (κ3) is 1.88. The number of benzene rings is 1. The van der Waals surface area contributed by atoms with Crippen LogP contribution in [0.2, 0.25) is 0 Å². The van der Waals surface area contributed by atoms with Crippen molar-refractivity contribution in [3.63, 3.8) is 0 Å². The summed E-state index contributed by atoms with van der Waals surface area (Å²) in [7, 11) is 1.45. The molecule has 0 heterocycles. The van der Waals surface area contributed by atoms with Gasteiger partial charge in [-0.1, -0.05) is 5.16 Å². The fourth-order valence-electron chi connectivity index (χ4n) is 0.805. The van der Waals surface area contributed by atoms with Crippen LogP contribution in [0.5, 0.6) is 0 Å². The van der Waals surface area contributed by atoms with Crippen LogP contribution in [0.4, 0.5) is 5.69 Å². The Labute approximate surface area is 70.8 Å². The Hall–Kier alpha value is -1.71. The first-order valence-electron chi connectivity index (χ1n) is 3.46. The van der Waals surface area contributed by atoms with E-state index in [0.29, 0.717) is 11.5 Å². The highest BCUT2D eigenvalue weighted by molar-refractivity contribution is 5.97. The molecule has 0 bridgehead atoms. The molecule has 0 spiro atoms. The molecule has 0 unspecified atom stereocenters. The Morgan fingerprint density at radius 2 is 1.92 bits per heavy atom. The van der Waals surface area contributed by atoms with Crippen LogP contribution in [-0.4, -0.2) is 12.9 Å². The van der Waals surface area contributed by atoms with Crippen molar-refractivity contribution < 1.29 is 4.84 Å². The molecule has 4 nitrogen and oxygen atoms in total. The van der Waals surface area contributed by atoms with Gasteiger partial charge in [0.05, 0.1) is 0 Å². The Bertz CT molecular complexity index is 279. The van der Waals surface area contributed by atoms with Crippen LogP contribution in [0, 0.1) is 0 Å². The first-order valence-corrected chi connectivity index (χ1v) is 3.46. The van der Waals surface area contributed by atoms with Crippen molar-refractivity contribution in [3.05, 3.63) is 29.8 Å². The van der Waals surface area contributed by atoms with E-state index < -0.39 is 0 Å². The van der Waals surface area contributed by atoms with Gasteiger partial charge in [0, 0.05) is 11.3 Å². The van der Waals surface area contributed by atoms with E-state index in [4.69, 9.17) is 11.5 Å². The summed E-state index contributed by atoms with van der Waals surface area (Å²) in [6.07, 6.45) is 0. The monoisotopic (exact) mass is 165 g/mol. The second-order valence-electron chi connectivity index (χ2n) is 2.28. The fraction of sp³-hybridized carbons (Fsp3) is 0.125. The number of hydrogen-bond acceptors (Lipinski definition) is 3. The highest BCUT2D eigenvalue weighted by atomic mass is 16.6. The molecule has 1 aromatic carbocycles. The summed E-state index contributed by atoms with van der Waals surface area (Å²) >= 11 is 0. The Kier molecular flexibility index (Phi) is 2.53. The van der Waals surface area contributed by atoms with Gasteiger partial charge in [-0.05, 0) is 24.3 Å². The zero-order valence-corrected chi connectivity index (χ0v) is 6.82. The van der Waals surface area contributed by atoms with Gasteiger partial charge < -0.3 is 16.3 Å².